The molecule has 0 spiro atoms. The standard InChI is InChI=1S/2C13H15N/c1-10(2)8-11-5-6-13-12(9-11)4-3-7-14-13;1-2-3-7-12-10-9-11-6-4-5-8-13(11)14-12/h3-7,9-10H,8H2,1-2H3;4-6,8-10H,2-3,7H2,1H3. The van der Waals surface area contributed by atoms with E-state index >= 15 is 0 Å². The lowest BCUT2D eigenvalue weighted by Gasteiger charge is -2.05. The summed E-state index contributed by atoms with van der Waals surface area (Å²) >= 11 is 0. The van der Waals surface area contributed by atoms with Gasteiger partial charge in [0.1, 0.15) is 0 Å². The summed E-state index contributed by atoms with van der Waals surface area (Å²) < 4.78 is 0. The van der Waals surface area contributed by atoms with E-state index in [-0.39, 0.29) is 0 Å². The molecule has 2 heteroatoms. The molecule has 0 bridgehead atoms. The molecule has 0 fully saturated rings. The number of aromatic nitrogens is 2. The first kappa shape index (κ1) is 20.0. The molecule has 0 radical (unpaired) electrons. The average Bonchev–Trinajstić information content (AvgIpc) is 2.72. The Hall–Kier alpha value is -2.74. The van der Waals surface area contributed by atoms with E-state index in [1.165, 1.54) is 34.9 Å². The Labute approximate surface area is 168 Å². The minimum Gasteiger partial charge on any atom is -0.256 e. The summed E-state index contributed by atoms with van der Waals surface area (Å²) in [6, 6.07) is 23.2. The number of aryl methyl sites for hydroxylation is 1. The molecule has 2 aromatic heterocycles. The first-order chi connectivity index (χ1) is 13.7. The van der Waals surface area contributed by atoms with Crippen molar-refractivity contribution >= 4 is 21.8 Å². The Balaban J connectivity index is 0.000000161. The van der Waals surface area contributed by atoms with Crippen molar-refractivity contribution in [1.29, 1.82) is 0 Å². The van der Waals surface area contributed by atoms with Gasteiger partial charge in [-0.2, -0.15) is 0 Å². The van der Waals surface area contributed by atoms with E-state index in [1.54, 1.807) is 0 Å². The quantitative estimate of drug-likeness (QED) is 0.377. The van der Waals surface area contributed by atoms with Gasteiger partial charge in [-0.25, -0.2) is 0 Å². The van der Waals surface area contributed by atoms with E-state index in [0.717, 1.165) is 23.9 Å². The normalized spacial score (nSPS) is 10.9. The lowest BCUT2D eigenvalue weighted by Crippen LogP contribution is -1.93. The molecule has 0 atom stereocenters. The first-order valence-corrected chi connectivity index (χ1v) is 10.3. The largest absolute Gasteiger partial charge is 0.256 e. The van der Waals surface area contributed by atoms with Crippen molar-refractivity contribution in [1.82, 2.24) is 9.97 Å². The van der Waals surface area contributed by atoms with Gasteiger partial charge in [0.2, 0.25) is 0 Å². The molecule has 0 aliphatic heterocycles. The number of hydrogen-bond donors (Lipinski definition) is 0. The topological polar surface area (TPSA) is 25.8 Å². The van der Waals surface area contributed by atoms with Crippen molar-refractivity contribution in [2.45, 2.75) is 46.5 Å². The highest BCUT2D eigenvalue weighted by Crippen LogP contribution is 2.16. The second-order valence-electron chi connectivity index (χ2n) is 7.73. The highest BCUT2D eigenvalue weighted by atomic mass is 14.7. The number of benzene rings is 2. The molecule has 0 saturated heterocycles. The molecule has 4 aromatic rings. The number of pyridine rings is 2. The maximum absolute atomic E-state index is 4.61. The highest BCUT2D eigenvalue weighted by Gasteiger charge is 1.99. The lowest BCUT2D eigenvalue weighted by atomic mass is 10.0. The molecular weight excluding hydrogens is 340 g/mol. The summed E-state index contributed by atoms with van der Waals surface area (Å²) in [7, 11) is 0. The van der Waals surface area contributed by atoms with Gasteiger partial charge in [0.25, 0.3) is 0 Å². The number of unbranched alkanes of at least 4 members (excludes halogenated alkanes) is 1. The number of rotatable bonds is 5. The monoisotopic (exact) mass is 370 g/mol. The zero-order valence-corrected chi connectivity index (χ0v) is 17.2. The van der Waals surface area contributed by atoms with Crippen LogP contribution in [0.25, 0.3) is 21.8 Å². The van der Waals surface area contributed by atoms with Crippen LogP contribution in [0, 0.1) is 5.92 Å². The Morgan fingerprint density at radius 1 is 0.821 bits per heavy atom. The maximum atomic E-state index is 4.61. The van der Waals surface area contributed by atoms with Gasteiger partial charge in [0.05, 0.1) is 11.0 Å². The van der Waals surface area contributed by atoms with Crippen molar-refractivity contribution in [2.75, 3.05) is 0 Å². The molecule has 2 aromatic carbocycles. The molecule has 2 heterocycles. The summed E-state index contributed by atoms with van der Waals surface area (Å²) in [4.78, 5) is 8.91. The number of para-hydroxylation sites is 1. The minimum absolute atomic E-state index is 0.712. The van der Waals surface area contributed by atoms with Crippen LogP contribution in [0.15, 0.2) is 72.9 Å². The van der Waals surface area contributed by atoms with Crippen LogP contribution in [0.4, 0.5) is 0 Å². The van der Waals surface area contributed by atoms with Gasteiger partial charge in [-0.1, -0.05) is 63.6 Å². The molecule has 0 N–H and O–H groups in total. The van der Waals surface area contributed by atoms with Crippen LogP contribution >= 0.6 is 0 Å². The molecule has 0 unspecified atom stereocenters. The molecular formula is C26H30N2. The molecule has 2 nitrogen and oxygen atoms in total. The summed E-state index contributed by atoms with van der Waals surface area (Å²) in [6.07, 6.45) is 6.54. The fraction of sp³-hybridized carbons (Fsp3) is 0.308. The van der Waals surface area contributed by atoms with E-state index < -0.39 is 0 Å². The van der Waals surface area contributed by atoms with Crippen molar-refractivity contribution < 1.29 is 0 Å². The third-order valence-electron chi connectivity index (χ3n) is 4.75. The van der Waals surface area contributed by atoms with Gasteiger partial charge in [-0.3, -0.25) is 9.97 Å². The van der Waals surface area contributed by atoms with Crippen molar-refractivity contribution in [3.63, 3.8) is 0 Å². The molecule has 4 rings (SSSR count). The van der Waals surface area contributed by atoms with Crippen LogP contribution < -0.4 is 0 Å². The summed E-state index contributed by atoms with van der Waals surface area (Å²) in [5.41, 5.74) is 4.81. The predicted octanol–water partition coefficient (Wildman–Crippen LogP) is 7.01. The highest BCUT2D eigenvalue weighted by molar-refractivity contribution is 5.79. The van der Waals surface area contributed by atoms with Crippen LogP contribution in [0.3, 0.4) is 0 Å². The molecule has 28 heavy (non-hydrogen) atoms. The van der Waals surface area contributed by atoms with Gasteiger partial charge < -0.3 is 0 Å². The van der Waals surface area contributed by atoms with E-state index in [4.69, 9.17) is 0 Å². The maximum Gasteiger partial charge on any atom is 0.0705 e. The van der Waals surface area contributed by atoms with Gasteiger partial charge in [-0.05, 0) is 61.1 Å². The number of fused-ring (bicyclic) bond motifs is 2. The summed E-state index contributed by atoms with van der Waals surface area (Å²) in [6.45, 7) is 6.70. The minimum atomic E-state index is 0.712. The van der Waals surface area contributed by atoms with Crippen LogP contribution in [-0.2, 0) is 12.8 Å². The Morgan fingerprint density at radius 2 is 1.64 bits per heavy atom. The van der Waals surface area contributed by atoms with Crippen LogP contribution in [0.5, 0.6) is 0 Å². The van der Waals surface area contributed by atoms with Crippen molar-refractivity contribution in [3.8, 4) is 0 Å². The number of hydrogen-bond acceptors (Lipinski definition) is 2. The molecule has 0 aliphatic rings. The van der Waals surface area contributed by atoms with Crippen LogP contribution in [-0.4, -0.2) is 9.97 Å². The fourth-order valence-electron chi connectivity index (χ4n) is 3.33. The Bertz CT molecular complexity index is 1020. The second kappa shape index (κ2) is 9.98. The van der Waals surface area contributed by atoms with E-state index in [1.807, 2.05) is 18.3 Å². The van der Waals surface area contributed by atoms with Gasteiger partial charge in [0, 0.05) is 22.7 Å². The SMILES string of the molecule is CC(C)Cc1ccc2ncccc2c1.CCCCc1ccc2ccccc2n1. The molecule has 0 saturated carbocycles. The predicted molar refractivity (Wildman–Crippen MR) is 121 cm³/mol. The van der Waals surface area contributed by atoms with Crippen molar-refractivity contribution in [2.24, 2.45) is 5.92 Å². The van der Waals surface area contributed by atoms with Gasteiger partial charge >= 0.3 is 0 Å². The third-order valence-corrected chi connectivity index (χ3v) is 4.75. The molecule has 0 aliphatic carbocycles. The number of nitrogens with zero attached hydrogens (tertiary/aromatic N) is 2. The molecule has 0 amide bonds. The average molecular weight is 371 g/mol. The van der Waals surface area contributed by atoms with E-state index in [0.29, 0.717) is 5.92 Å². The zero-order chi connectivity index (χ0) is 19.8. The smallest absolute Gasteiger partial charge is 0.0705 e. The van der Waals surface area contributed by atoms with E-state index in [9.17, 15) is 0 Å². The third kappa shape index (κ3) is 5.63. The van der Waals surface area contributed by atoms with Crippen molar-refractivity contribution in [3.05, 3.63) is 84.2 Å². The zero-order valence-electron chi connectivity index (χ0n) is 17.2. The lowest BCUT2D eigenvalue weighted by molar-refractivity contribution is 0.648. The fourth-order valence-corrected chi connectivity index (χ4v) is 3.33. The Morgan fingerprint density at radius 3 is 2.46 bits per heavy atom. The molecule has 144 valence electrons. The van der Waals surface area contributed by atoms with Gasteiger partial charge in [0.15, 0.2) is 0 Å². The van der Waals surface area contributed by atoms with Gasteiger partial charge in [-0.15, -0.1) is 0 Å². The van der Waals surface area contributed by atoms with E-state index in [2.05, 4.69) is 85.3 Å². The van der Waals surface area contributed by atoms with Crippen LogP contribution in [0.2, 0.25) is 0 Å². The summed E-state index contributed by atoms with van der Waals surface area (Å²) in [5.74, 6) is 0.712. The first-order valence-electron chi connectivity index (χ1n) is 10.3. The second-order valence-corrected chi connectivity index (χ2v) is 7.73. The Kier molecular flexibility index (Phi) is 7.13. The summed E-state index contributed by atoms with van der Waals surface area (Å²) in [5, 5.41) is 2.47. The van der Waals surface area contributed by atoms with Crippen LogP contribution in [0.1, 0.15) is 44.9 Å².